The molecule has 0 saturated heterocycles. The van der Waals surface area contributed by atoms with E-state index in [1.165, 1.54) is 7.11 Å². The number of carbonyl (C=O) groups is 2. The van der Waals surface area contributed by atoms with E-state index in [2.05, 4.69) is 5.32 Å². The van der Waals surface area contributed by atoms with Crippen molar-refractivity contribution in [1.82, 2.24) is 5.32 Å². The number of aryl methyl sites for hydroxylation is 1. The Labute approximate surface area is 144 Å². The molecule has 134 valence electrons. The van der Waals surface area contributed by atoms with Crippen LogP contribution in [0.2, 0.25) is 0 Å². The lowest BCUT2D eigenvalue weighted by molar-refractivity contribution is -0.155. The number of esters is 1. The van der Waals surface area contributed by atoms with Crippen LogP contribution in [0.15, 0.2) is 24.3 Å². The molecule has 0 fully saturated rings. The molecule has 1 N–H and O–H groups in total. The van der Waals surface area contributed by atoms with Gasteiger partial charge in [0.2, 0.25) is 5.91 Å². The lowest BCUT2D eigenvalue weighted by Crippen LogP contribution is -2.57. The summed E-state index contributed by atoms with van der Waals surface area (Å²) in [5, 5.41) is 2.95. The van der Waals surface area contributed by atoms with Crippen molar-refractivity contribution in [3.05, 3.63) is 29.8 Å². The average Bonchev–Trinajstić information content (AvgIpc) is 2.53. The van der Waals surface area contributed by atoms with Gasteiger partial charge in [-0.15, -0.1) is 0 Å². The number of nitrogens with one attached hydrogen (secondary N) is 1. The van der Waals surface area contributed by atoms with Gasteiger partial charge in [0.25, 0.3) is 0 Å². The van der Waals surface area contributed by atoms with Crippen LogP contribution in [0.4, 0.5) is 0 Å². The van der Waals surface area contributed by atoms with Crippen LogP contribution in [0.1, 0.15) is 46.6 Å². The van der Waals surface area contributed by atoms with Crippen LogP contribution in [-0.2, 0) is 20.7 Å². The lowest BCUT2D eigenvalue weighted by Gasteiger charge is -2.39. The van der Waals surface area contributed by atoms with Crippen LogP contribution in [0, 0.1) is 5.41 Å². The Morgan fingerprint density at radius 2 is 1.67 bits per heavy atom. The SMILES string of the molecule is CCOc1ccc(CCC(=O)NC(C)(C)C(C)(C)C(=O)OC)cc1. The second kappa shape index (κ2) is 8.18. The Hall–Kier alpha value is -2.04. The van der Waals surface area contributed by atoms with E-state index in [0.29, 0.717) is 19.4 Å². The minimum atomic E-state index is -0.823. The van der Waals surface area contributed by atoms with Crippen molar-refractivity contribution in [2.24, 2.45) is 5.41 Å². The Bertz CT molecular complexity index is 561. The van der Waals surface area contributed by atoms with Crippen molar-refractivity contribution < 1.29 is 19.1 Å². The molecule has 1 aromatic rings. The maximum atomic E-state index is 12.3. The lowest BCUT2D eigenvalue weighted by atomic mass is 9.74. The van der Waals surface area contributed by atoms with Gasteiger partial charge in [-0.2, -0.15) is 0 Å². The first kappa shape index (κ1) is 20.0. The highest BCUT2D eigenvalue weighted by Crippen LogP contribution is 2.31. The molecule has 1 amide bonds. The Morgan fingerprint density at radius 3 is 2.17 bits per heavy atom. The second-order valence-electron chi connectivity index (χ2n) is 6.87. The van der Waals surface area contributed by atoms with E-state index in [1.807, 2.05) is 45.0 Å². The molecule has 0 aliphatic heterocycles. The fourth-order valence-electron chi connectivity index (χ4n) is 2.25. The summed E-state index contributed by atoms with van der Waals surface area (Å²) in [7, 11) is 1.36. The summed E-state index contributed by atoms with van der Waals surface area (Å²) in [5.41, 5.74) is -0.467. The molecule has 0 aliphatic carbocycles. The van der Waals surface area contributed by atoms with Gasteiger partial charge in [0.1, 0.15) is 5.75 Å². The molecule has 0 unspecified atom stereocenters. The van der Waals surface area contributed by atoms with E-state index in [1.54, 1.807) is 13.8 Å². The molecule has 1 rings (SSSR count). The summed E-state index contributed by atoms with van der Waals surface area (Å²) in [6, 6.07) is 7.73. The summed E-state index contributed by atoms with van der Waals surface area (Å²) in [6.07, 6.45) is 0.988. The number of rotatable bonds is 8. The van der Waals surface area contributed by atoms with Crippen molar-refractivity contribution in [3.63, 3.8) is 0 Å². The van der Waals surface area contributed by atoms with Crippen LogP contribution in [0.3, 0.4) is 0 Å². The van der Waals surface area contributed by atoms with Crippen LogP contribution in [0.5, 0.6) is 5.75 Å². The molecule has 24 heavy (non-hydrogen) atoms. The van der Waals surface area contributed by atoms with Crippen molar-refractivity contribution >= 4 is 11.9 Å². The summed E-state index contributed by atoms with van der Waals surface area (Å²) in [4.78, 5) is 24.2. The first-order valence-electron chi connectivity index (χ1n) is 8.25. The molecule has 0 spiro atoms. The number of amides is 1. The zero-order valence-electron chi connectivity index (χ0n) is 15.6. The van der Waals surface area contributed by atoms with Gasteiger partial charge in [0, 0.05) is 12.0 Å². The minimum Gasteiger partial charge on any atom is -0.494 e. The standard InChI is InChI=1S/C19H29NO4/c1-7-24-15-11-8-14(9-12-15)10-13-16(21)20-19(4,5)18(2,3)17(22)23-6/h8-9,11-12H,7,10,13H2,1-6H3,(H,20,21). The van der Waals surface area contributed by atoms with Crippen molar-refractivity contribution in [2.45, 2.75) is 53.0 Å². The molecule has 1 aromatic carbocycles. The van der Waals surface area contributed by atoms with E-state index in [9.17, 15) is 9.59 Å². The summed E-state index contributed by atoms with van der Waals surface area (Å²) < 4.78 is 10.2. The van der Waals surface area contributed by atoms with Crippen LogP contribution >= 0.6 is 0 Å². The molecule has 0 atom stereocenters. The number of hydrogen-bond donors (Lipinski definition) is 1. The fraction of sp³-hybridized carbons (Fsp3) is 0.579. The average molecular weight is 335 g/mol. The van der Waals surface area contributed by atoms with Crippen molar-refractivity contribution in [1.29, 1.82) is 0 Å². The minimum absolute atomic E-state index is 0.0918. The number of carbonyl (C=O) groups excluding carboxylic acids is 2. The number of benzene rings is 1. The Balaban J connectivity index is 2.60. The largest absolute Gasteiger partial charge is 0.494 e. The molecule has 0 aromatic heterocycles. The highest BCUT2D eigenvalue weighted by atomic mass is 16.5. The fourth-order valence-corrected chi connectivity index (χ4v) is 2.25. The summed E-state index contributed by atoms with van der Waals surface area (Å²) in [5.74, 6) is 0.386. The normalized spacial score (nSPS) is 11.8. The van der Waals surface area contributed by atoms with Crippen LogP contribution < -0.4 is 10.1 Å². The molecule has 5 heteroatoms. The van der Waals surface area contributed by atoms with E-state index >= 15 is 0 Å². The summed E-state index contributed by atoms with van der Waals surface area (Å²) in [6.45, 7) is 9.77. The predicted molar refractivity (Wildman–Crippen MR) is 94.0 cm³/mol. The van der Waals surface area contributed by atoms with Gasteiger partial charge in [-0.3, -0.25) is 9.59 Å². The number of ether oxygens (including phenoxy) is 2. The van der Waals surface area contributed by atoms with E-state index in [4.69, 9.17) is 9.47 Å². The highest BCUT2D eigenvalue weighted by molar-refractivity contribution is 5.81. The monoisotopic (exact) mass is 335 g/mol. The van der Waals surface area contributed by atoms with Gasteiger partial charge in [-0.25, -0.2) is 0 Å². The van der Waals surface area contributed by atoms with Gasteiger partial charge < -0.3 is 14.8 Å². The molecular formula is C19H29NO4. The second-order valence-corrected chi connectivity index (χ2v) is 6.87. The maximum absolute atomic E-state index is 12.3. The van der Waals surface area contributed by atoms with Gasteiger partial charge in [0.15, 0.2) is 0 Å². The smallest absolute Gasteiger partial charge is 0.313 e. The molecule has 0 saturated carbocycles. The van der Waals surface area contributed by atoms with E-state index in [0.717, 1.165) is 11.3 Å². The third kappa shape index (κ3) is 4.98. The van der Waals surface area contributed by atoms with Gasteiger partial charge in [-0.05, 0) is 58.7 Å². The topological polar surface area (TPSA) is 64.6 Å². The Kier molecular flexibility index (Phi) is 6.81. The third-order valence-electron chi connectivity index (χ3n) is 4.59. The predicted octanol–water partition coefficient (Wildman–Crippen LogP) is 3.11. The molecule has 0 aliphatic rings. The molecular weight excluding hydrogens is 306 g/mol. The van der Waals surface area contributed by atoms with E-state index < -0.39 is 11.0 Å². The van der Waals surface area contributed by atoms with Crippen LogP contribution in [0.25, 0.3) is 0 Å². The van der Waals surface area contributed by atoms with Crippen molar-refractivity contribution in [3.8, 4) is 5.75 Å². The molecule has 5 nitrogen and oxygen atoms in total. The highest BCUT2D eigenvalue weighted by Gasteiger charge is 2.45. The first-order valence-corrected chi connectivity index (χ1v) is 8.25. The number of methoxy groups -OCH3 is 1. The van der Waals surface area contributed by atoms with Crippen molar-refractivity contribution in [2.75, 3.05) is 13.7 Å². The Morgan fingerprint density at radius 1 is 1.08 bits per heavy atom. The first-order chi connectivity index (χ1) is 11.1. The molecule has 0 heterocycles. The van der Waals surface area contributed by atoms with E-state index in [-0.39, 0.29) is 11.9 Å². The zero-order chi connectivity index (χ0) is 18.4. The zero-order valence-corrected chi connectivity index (χ0v) is 15.6. The van der Waals surface area contributed by atoms with Gasteiger partial charge in [-0.1, -0.05) is 12.1 Å². The summed E-state index contributed by atoms with van der Waals surface area (Å²) >= 11 is 0. The third-order valence-corrected chi connectivity index (χ3v) is 4.59. The van der Waals surface area contributed by atoms with Gasteiger partial charge in [0.05, 0.1) is 19.1 Å². The number of hydrogen-bond acceptors (Lipinski definition) is 4. The van der Waals surface area contributed by atoms with Gasteiger partial charge >= 0.3 is 5.97 Å². The van der Waals surface area contributed by atoms with Crippen LogP contribution in [-0.4, -0.2) is 31.1 Å². The molecule has 0 radical (unpaired) electrons. The molecule has 0 bridgehead atoms. The maximum Gasteiger partial charge on any atom is 0.313 e. The quantitative estimate of drug-likeness (QED) is 0.741.